The molecule has 1 aromatic rings. The third kappa shape index (κ3) is 4.43. The number of ether oxygens (including phenoxy) is 1. The number of carbonyl (C=O) groups is 1. The van der Waals surface area contributed by atoms with E-state index in [0.717, 1.165) is 0 Å². The molecule has 1 amide bonds. The van der Waals surface area contributed by atoms with Crippen molar-refractivity contribution in [2.45, 2.75) is 19.4 Å². The lowest BCUT2D eigenvalue weighted by Gasteiger charge is -2.17. The van der Waals surface area contributed by atoms with Gasteiger partial charge in [0.05, 0.1) is 12.6 Å². The van der Waals surface area contributed by atoms with Crippen molar-refractivity contribution in [3.8, 4) is 0 Å². The number of aryl methyl sites for hydroxylation is 1. The van der Waals surface area contributed by atoms with Crippen LogP contribution >= 0.6 is 0 Å². The molecule has 100 valence electrons. The Balaban J connectivity index is 2.73. The van der Waals surface area contributed by atoms with Gasteiger partial charge in [0.2, 0.25) is 0 Å². The summed E-state index contributed by atoms with van der Waals surface area (Å²) >= 11 is 0. The molecule has 3 N–H and O–H groups in total. The summed E-state index contributed by atoms with van der Waals surface area (Å²) in [6.07, 6.45) is 0.619. The summed E-state index contributed by atoms with van der Waals surface area (Å²) in [5, 5.41) is 2.78. The minimum atomic E-state index is -0.415. The molecule has 0 aliphatic carbocycles. The average Bonchev–Trinajstić information content (AvgIpc) is 2.28. The number of hydrogen-bond donors (Lipinski definition) is 2. The van der Waals surface area contributed by atoms with E-state index in [-0.39, 0.29) is 11.9 Å². The monoisotopic (exact) mass is 254 g/mol. The Hall–Kier alpha value is -1.46. The minimum absolute atomic E-state index is 0.156. The van der Waals surface area contributed by atoms with Gasteiger partial charge in [-0.1, -0.05) is 0 Å². The third-order valence-electron chi connectivity index (χ3n) is 2.52. The van der Waals surface area contributed by atoms with Gasteiger partial charge in [0.25, 0.3) is 5.91 Å². The first-order chi connectivity index (χ1) is 8.56. The van der Waals surface area contributed by atoms with Crippen LogP contribution in [0.4, 0.5) is 4.39 Å². The number of amides is 1. The molecule has 5 heteroatoms. The van der Waals surface area contributed by atoms with Crippen molar-refractivity contribution < 1.29 is 13.9 Å². The predicted octanol–water partition coefficient (Wildman–Crippen LogP) is 1.23. The lowest BCUT2D eigenvalue weighted by Crippen LogP contribution is -2.39. The van der Waals surface area contributed by atoms with E-state index in [1.54, 1.807) is 20.1 Å². The number of nitrogens with one attached hydrogen (secondary N) is 1. The first-order valence-electron chi connectivity index (χ1n) is 5.84. The number of benzene rings is 1. The Labute approximate surface area is 106 Å². The van der Waals surface area contributed by atoms with Gasteiger partial charge in [0.1, 0.15) is 5.82 Å². The summed E-state index contributed by atoms with van der Waals surface area (Å²) in [6, 6.07) is 4.08. The van der Waals surface area contributed by atoms with E-state index in [0.29, 0.717) is 30.7 Å². The summed E-state index contributed by atoms with van der Waals surface area (Å²) < 4.78 is 18.2. The molecule has 18 heavy (non-hydrogen) atoms. The number of nitrogens with two attached hydrogens (primary N) is 1. The number of hydrogen-bond acceptors (Lipinski definition) is 3. The Bertz CT molecular complexity index is 384. The largest absolute Gasteiger partial charge is 0.383 e. The number of methoxy groups -OCH3 is 1. The highest BCUT2D eigenvalue weighted by atomic mass is 19.1. The lowest BCUT2D eigenvalue weighted by atomic mass is 10.1. The van der Waals surface area contributed by atoms with Crippen LogP contribution in [0.25, 0.3) is 0 Å². The highest BCUT2D eigenvalue weighted by Crippen LogP contribution is 2.08. The topological polar surface area (TPSA) is 64.3 Å². The molecule has 0 spiro atoms. The number of halogens is 1. The second-order valence-electron chi connectivity index (χ2n) is 4.22. The van der Waals surface area contributed by atoms with Gasteiger partial charge in [0, 0.05) is 12.7 Å². The van der Waals surface area contributed by atoms with E-state index in [1.807, 2.05) is 0 Å². The van der Waals surface area contributed by atoms with E-state index in [4.69, 9.17) is 10.5 Å². The minimum Gasteiger partial charge on any atom is -0.383 e. The SMILES string of the molecule is COCC(CCN)NC(=O)c1cc(C)cc(F)c1. The quantitative estimate of drug-likeness (QED) is 0.802. The fraction of sp³-hybridized carbons (Fsp3) is 0.462. The van der Waals surface area contributed by atoms with Crippen LogP contribution in [0.1, 0.15) is 22.3 Å². The van der Waals surface area contributed by atoms with Gasteiger partial charge in [-0.05, 0) is 43.7 Å². The van der Waals surface area contributed by atoms with Gasteiger partial charge >= 0.3 is 0 Å². The van der Waals surface area contributed by atoms with Crippen LogP contribution in [-0.2, 0) is 4.74 Å². The lowest BCUT2D eigenvalue weighted by molar-refractivity contribution is 0.0893. The van der Waals surface area contributed by atoms with Gasteiger partial charge in [-0.25, -0.2) is 4.39 Å². The highest BCUT2D eigenvalue weighted by molar-refractivity contribution is 5.94. The zero-order chi connectivity index (χ0) is 13.5. The van der Waals surface area contributed by atoms with Gasteiger partial charge in [-0.3, -0.25) is 4.79 Å². The van der Waals surface area contributed by atoms with Gasteiger partial charge in [0.15, 0.2) is 0 Å². The fourth-order valence-electron chi connectivity index (χ4n) is 1.74. The molecule has 1 atom stereocenters. The zero-order valence-corrected chi connectivity index (χ0v) is 10.7. The van der Waals surface area contributed by atoms with Crippen molar-refractivity contribution in [3.63, 3.8) is 0 Å². The van der Waals surface area contributed by atoms with Gasteiger partial charge in [-0.2, -0.15) is 0 Å². The second kappa shape index (κ2) is 7.08. The molecule has 1 rings (SSSR count). The molecule has 0 aliphatic heterocycles. The van der Waals surface area contributed by atoms with E-state index in [2.05, 4.69) is 5.32 Å². The molecule has 4 nitrogen and oxygen atoms in total. The van der Waals surface area contributed by atoms with Crippen LogP contribution in [0.5, 0.6) is 0 Å². The molecular weight excluding hydrogens is 235 g/mol. The Kier molecular flexibility index (Phi) is 5.74. The summed E-state index contributed by atoms with van der Waals surface area (Å²) in [6.45, 7) is 2.58. The summed E-state index contributed by atoms with van der Waals surface area (Å²) in [5.74, 6) is -0.727. The molecule has 0 saturated carbocycles. The van der Waals surface area contributed by atoms with Crippen molar-refractivity contribution in [2.24, 2.45) is 5.73 Å². The maximum atomic E-state index is 13.2. The van der Waals surface area contributed by atoms with Crippen LogP contribution in [0, 0.1) is 12.7 Å². The van der Waals surface area contributed by atoms with Crippen LogP contribution in [0.2, 0.25) is 0 Å². The van der Waals surface area contributed by atoms with E-state index in [1.165, 1.54) is 12.1 Å². The fourth-order valence-corrected chi connectivity index (χ4v) is 1.74. The average molecular weight is 254 g/mol. The smallest absolute Gasteiger partial charge is 0.251 e. The maximum absolute atomic E-state index is 13.2. The van der Waals surface area contributed by atoms with E-state index < -0.39 is 5.82 Å². The molecule has 0 aromatic heterocycles. The molecule has 0 radical (unpaired) electrons. The normalized spacial score (nSPS) is 12.2. The molecule has 0 aliphatic rings. The standard InChI is InChI=1S/C13H19FN2O2/c1-9-5-10(7-11(14)6-9)13(17)16-12(3-4-15)8-18-2/h5-7,12H,3-4,8,15H2,1-2H3,(H,16,17). The highest BCUT2D eigenvalue weighted by Gasteiger charge is 2.14. The van der Waals surface area contributed by atoms with Gasteiger partial charge in [-0.15, -0.1) is 0 Å². The van der Waals surface area contributed by atoms with E-state index in [9.17, 15) is 9.18 Å². The van der Waals surface area contributed by atoms with Gasteiger partial charge < -0.3 is 15.8 Å². The summed E-state index contributed by atoms with van der Waals surface area (Å²) in [7, 11) is 1.56. The Morgan fingerprint density at radius 1 is 1.50 bits per heavy atom. The maximum Gasteiger partial charge on any atom is 0.251 e. The Morgan fingerprint density at radius 2 is 2.22 bits per heavy atom. The summed E-state index contributed by atoms with van der Waals surface area (Å²) in [5.41, 5.74) is 6.48. The molecular formula is C13H19FN2O2. The predicted molar refractivity (Wildman–Crippen MR) is 67.9 cm³/mol. The molecule has 0 heterocycles. The molecule has 0 bridgehead atoms. The van der Waals surface area contributed by atoms with Crippen molar-refractivity contribution >= 4 is 5.91 Å². The molecule has 0 fully saturated rings. The molecule has 1 aromatic carbocycles. The van der Waals surface area contributed by atoms with Crippen LogP contribution in [-0.4, -0.2) is 32.2 Å². The summed E-state index contributed by atoms with van der Waals surface area (Å²) in [4.78, 5) is 11.9. The van der Waals surface area contributed by atoms with Crippen LogP contribution in [0.15, 0.2) is 18.2 Å². The first-order valence-corrected chi connectivity index (χ1v) is 5.84. The molecule has 0 saturated heterocycles. The molecule has 1 unspecified atom stereocenters. The van der Waals surface area contributed by atoms with Crippen LogP contribution in [0.3, 0.4) is 0 Å². The number of carbonyl (C=O) groups excluding carboxylic acids is 1. The van der Waals surface area contributed by atoms with Crippen molar-refractivity contribution in [2.75, 3.05) is 20.3 Å². The van der Waals surface area contributed by atoms with Crippen LogP contribution < -0.4 is 11.1 Å². The van der Waals surface area contributed by atoms with Crippen molar-refractivity contribution in [1.82, 2.24) is 5.32 Å². The number of rotatable bonds is 6. The first kappa shape index (κ1) is 14.6. The second-order valence-corrected chi connectivity index (χ2v) is 4.22. The van der Waals surface area contributed by atoms with Crippen molar-refractivity contribution in [3.05, 3.63) is 35.1 Å². The zero-order valence-electron chi connectivity index (χ0n) is 10.7. The van der Waals surface area contributed by atoms with Crippen molar-refractivity contribution in [1.29, 1.82) is 0 Å². The Morgan fingerprint density at radius 3 is 2.78 bits per heavy atom. The van der Waals surface area contributed by atoms with E-state index >= 15 is 0 Å². The third-order valence-corrected chi connectivity index (χ3v) is 2.52.